The fourth-order valence-corrected chi connectivity index (χ4v) is 3.39. The minimum absolute atomic E-state index is 0.0372. The molecule has 1 heterocycles. The molecule has 0 N–H and O–H groups in total. The summed E-state index contributed by atoms with van der Waals surface area (Å²) in [6.45, 7) is 9.11. The van der Waals surface area contributed by atoms with Gasteiger partial charge in [-0.3, -0.25) is 0 Å². The van der Waals surface area contributed by atoms with Crippen molar-refractivity contribution in [2.75, 3.05) is 20.3 Å². The number of hydrogen-bond acceptors (Lipinski definition) is 4. The summed E-state index contributed by atoms with van der Waals surface area (Å²) in [4.78, 5) is 0. The average molecular weight is 354 g/mol. The first-order chi connectivity index (χ1) is 12.6. The van der Waals surface area contributed by atoms with Crippen molar-refractivity contribution in [1.29, 1.82) is 0 Å². The highest BCUT2D eigenvalue weighted by atomic mass is 16.5. The molecule has 2 aromatic rings. The van der Waals surface area contributed by atoms with Crippen LogP contribution in [0.25, 0.3) is 11.5 Å². The molecular weight excluding hydrogens is 328 g/mol. The van der Waals surface area contributed by atoms with Crippen molar-refractivity contribution in [1.82, 2.24) is 0 Å². The normalized spacial score (nSPS) is 14.2. The lowest BCUT2D eigenvalue weighted by molar-refractivity contribution is 0.293. The third-order valence-corrected chi connectivity index (χ3v) is 4.52. The second kappa shape index (κ2) is 7.73. The lowest BCUT2D eigenvalue weighted by Gasteiger charge is -2.12. The summed E-state index contributed by atoms with van der Waals surface area (Å²) in [5.41, 5.74) is 3.12. The summed E-state index contributed by atoms with van der Waals surface area (Å²) in [5, 5.41) is 0. The van der Waals surface area contributed by atoms with E-state index in [9.17, 15) is 0 Å². The van der Waals surface area contributed by atoms with E-state index < -0.39 is 0 Å². The Kier molecular flexibility index (Phi) is 5.40. The van der Waals surface area contributed by atoms with E-state index in [0.717, 1.165) is 45.5 Å². The van der Waals surface area contributed by atoms with Crippen LogP contribution in [0, 0.1) is 13.8 Å². The first-order valence-corrected chi connectivity index (χ1v) is 9.02. The van der Waals surface area contributed by atoms with Crippen LogP contribution in [0.3, 0.4) is 0 Å². The van der Waals surface area contributed by atoms with Crippen LogP contribution >= 0.6 is 0 Å². The van der Waals surface area contributed by atoms with Gasteiger partial charge in [0, 0.05) is 5.92 Å². The van der Waals surface area contributed by atoms with Gasteiger partial charge in [-0.05, 0) is 57.5 Å². The Morgan fingerprint density at radius 3 is 1.77 bits per heavy atom. The first kappa shape index (κ1) is 18.2. The average Bonchev–Trinajstić information content (AvgIpc) is 2.83. The monoisotopic (exact) mass is 354 g/mol. The van der Waals surface area contributed by atoms with Gasteiger partial charge in [0.2, 0.25) is 0 Å². The molecule has 0 amide bonds. The zero-order valence-electron chi connectivity index (χ0n) is 16.1. The zero-order valence-corrected chi connectivity index (χ0v) is 16.1. The van der Waals surface area contributed by atoms with Crippen molar-refractivity contribution < 1.29 is 18.6 Å². The molecule has 0 bridgehead atoms. The van der Waals surface area contributed by atoms with Gasteiger partial charge in [0.25, 0.3) is 0 Å². The fraction of sp³-hybridized carbons (Fsp3) is 0.364. The van der Waals surface area contributed by atoms with Crippen LogP contribution in [-0.4, -0.2) is 20.3 Å². The lowest BCUT2D eigenvalue weighted by Crippen LogP contribution is -1.98. The SMILES string of the molecule is CCOC1=CC(c2ccc(OC)cc2)C=C(OCC)c2c(C)oc(C)c21. The summed E-state index contributed by atoms with van der Waals surface area (Å²) in [6, 6.07) is 8.09. The van der Waals surface area contributed by atoms with Crippen LogP contribution in [0.4, 0.5) is 0 Å². The van der Waals surface area contributed by atoms with Crippen LogP contribution in [-0.2, 0) is 9.47 Å². The quantitative estimate of drug-likeness (QED) is 0.691. The Bertz CT molecular complexity index is 780. The molecule has 0 saturated heterocycles. The van der Waals surface area contributed by atoms with Crippen molar-refractivity contribution in [3.05, 3.63) is 64.6 Å². The molecule has 0 saturated carbocycles. The highest BCUT2D eigenvalue weighted by molar-refractivity contribution is 5.80. The molecule has 0 atom stereocenters. The second-order valence-electron chi connectivity index (χ2n) is 6.19. The van der Waals surface area contributed by atoms with Crippen LogP contribution in [0.2, 0.25) is 0 Å². The van der Waals surface area contributed by atoms with E-state index in [1.807, 2.05) is 39.8 Å². The topological polar surface area (TPSA) is 40.8 Å². The summed E-state index contributed by atoms with van der Waals surface area (Å²) in [7, 11) is 1.67. The predicted molar refractivity (Wildman–Crippen MR) is 103 cm³/mol. The number of aryl methyl sites for hydroxylation is 2. The van der Waals surface area contributed by atoms with Gasteiger partial charge in [0.1, 0.15) is 28.8 Å². The van der Waals surface area contributed by atoms with E-state index in [1.165, 1.54) is 0 Å². The Morgan fingerprint density at radius 2 is 1.35 bits per heavy atom. The number of ether oxygens (including phenoxy) is 3. The summed E-state index contributed by atoms with van der Waals surface area (Å²) < 4.78 is 23.2. The minimum atomic E-state index is 0.0372. The van der Waals surface area contributed by atoms with E-state index in [4.69, 9.17) is 18.6 Å². The Hall–Kier alpha value is -2.62. The predicted octanol–water partition coefficient (Wildman–Crippen LogP) is 5.46. The summed E-state index contributed by atoms with van der Waals surface area (Å²) >= 11 is 0. The number of fused-ring (bicyclic) bond motifs is 1. The molecule has 1 aromatic carbocycles. The van der Waals surface area contributed by atoms with Crippen molar-refractivity contribution in [3.8, 4) is 5.75 Å². The van der Waals surface area contributed by atoms with Crippen LogP contribution in [0.1, 0.15) is 48.0 Å². The Balaban J connectivity index is 2.15. The minimum Gasteiger partial charge on any atom is -0.497 e. The molecule has 0 spiro atoms. The van der Waals surface area contributed by atoms with Crippen LogP contribution in [0.5, 0.6) is 5.75 Å². The number of furan rings is 1. The number of benzene rings is 1. The summed E-state index contributed by atoms with van der Waals surface area (Å²) in [6.07, 6.45) is 4.27. The number of hydrogen-bond donors (Lipinski definition) is 0. The molecule has 138 valence electrons. The smallest absolute Gasteiger partial charge is 0.127 e. The third-order valence-electron chi connectivity index (χ3n) is 4.52. The molecule has 0 fully saturated rings. The second-order valence-corrected chi connectivity index (χ2v) is 6.19. The highest BCUT2D eigenvalue weighted by Crippen LogP contribution is 2.41. The third kappa shape index (κ3) is 3.36. The zero-order chi connectivity index (χ0) is 18.7. The Labute approximate surface area is 155 Å². The first-order valence-electron chi connectivity index (χ1n) is 9.02. The van der Waals surface area contributed by atoms with Crippen molar-refractivity contribution in [3.63, 3.8) is 0 Å². The van der Waals surface area contributed by atoms with Crippen LogP contribution in [0.15, 0.2) is 40.8 Å². The molecule has 1 aliphatic carbocycles. The van der Waals surface area contributed by atoms with E-state index in [1.54, 1.807) is 7.11 Å². The van der Waals surface area contributed by atoms with Crippen molar-refractivity contribution in [2.45, 2.75) is 33.6 Å². The molecule has 4 nitrogen and oxygen atoms in total. The van der Waals surface area contributed by atoms with Crippen molar-refractivity contribution >= 4 is 11.5 Å². The molecule has 1 aromatic heterocycles. The van der Waals surface area contributed by atoms with Gasteiger partial charge in [-0.15, -0.1) is 0 Å². The number of methoxy groups -OCH3 is 1. The van der Waals surface area contributed by atoms with Gasteiger partial charge in [0.05, 0.1) is 31.5 Å². The largest absolute Gasteiger partial charge is 0.497 e. The fourth-order valence-electron chi connectivity index (χ4n) is 3.39. The maximum Gasteiger partial charge on any atom is 0.127 e. The maximum absolute atomic E-state index is 5.99. The van der Waals surface area contributed by atoms with E-state index in [2.05, 4.69) is 24.3 Å². The number of rotatable bonds is 6. The van der Waals surface area contributed by atoms with Gasteiger partial charge >= 0.3 is 0 Å². The Morgan fingerprint density at radius 1 is 0.846 bits per heavy atom. The van der Waals surface area contributed by atoms with Gasteiger partial charge in [-0.1, -0.05) is 12.1 Å². The van der Waals surface area contributed by atoms with Gasteiger partial charge < -0.3 is 18.6 Å². The van der Waals surface area contributed by atoms with Gasteiger partial charge in [0.15, 0.2) is 0 Å². The number of allylic oxidation sites excluding steroid dienone is 2. The molecule has 0 aliphatic heterocycles. The van der Waals surface area contributed by atoms with Gasteiger partial charge in [-0.2, -0.15) is 0 Å². The standard InChI is InChI=1S/C22H26O4/c1-6-24-19-12-17(16-8-10-18(23-5)11-9-16)13-20(25-7-2)22-15(4)26-14(3)21(19)22/h8-13,17H,6-7H2,1-5H3. The molecule has 1 aliphatic rings. The highest BCUT2D eigenvalue weighted by Gasteiger charge is 2.28. The molecule has 0 unspecified atom stereocenters. The molecule has 0 radical (unpaired) electrons. The van der Waals surface area contributed by atoms with Gasteiger partial charge in [-0.25, -0.2) is 0 Å². The van der Waals surface area contributed by atoms with E-state index in [0.29, 0.717) is 13.2 Å². The molecule has 3 rings (SSSR count). The molecular formula is C22H26O4. The lowest BCUT2D eigenvalue weighted by atomic mass is 9.97. The molecule has 4 heteroatoms. The van der Waals surface area contributed by atoms with E-state index in [-0.39, 0.29) is 5.92 Å². The van der Waals surface area contributed by atoms with Crippen molar-refractivity contribution in [2.24, 2.45) is 0 Å². The molecule has 26 heavy (non-hydrogen) atoms. The maximum atomic E-state index is 5.99. The van der Waals surface area contributed by atoms with Crippen LogP contribution < -0.4 is 4.74 Å². The van der Waals surface area contributed by atoms with E-state index >= 15 is 0 Å². The summed E-state index contributed by atoms with van der Waals surface area (Å²) in [5.74, 6) is 4.24.